The van der Waals surface area contributed by atoms with Crippen molar-refractivity contribution in [3.63, 3.8) is 0 Å². The molecule has 0 radical (unpaired) electrons. The Kier molecular flexibility index (Phi) is 4.32. The van der Waals surface area contributed by atoms with Crippen molar-refractivity contribution >= 4 is 27.3 Å². The summed E-state index contributed by atoms with van der Waals surface area (Å²) in [6.07, 6.45) is 5.22. The Morgan fingerprint density at radius 2 is 2.35 bits per heavy atom. The number of halogens is 1. The van der Waals surface area contributed by atoms with Gasteiger partial charge in [0.2, 0.25) is 0 Å². The highest BCUT2D eigenvalue weighted by atomic mass is 79.9. The van der Waals surface area contributed by atoms with Crippen LogP contribution in [-0.4, -0.2) is 10.7 Å². The zero-order valence-electron chi connectivity index (χ0n) is 10.6. The Bertz CT molecular complexity index is 374. The van der Waals surface area contributed by atoms with Gasteiger partial charge in [-0.05, 0) is 53.1 Å². The van der Waals surface area contributed by atoms with Crippen molar-refractivity contribution in [2.24, 2.45) is 11.8 Å². The Morgan fingerprint density at radius 1 is 1.59 bits per heavy atom. The van der Waals surface area contributed by atoms with E-state index in [1.165, 1.54) is 17.7 Å². The highest BCUT2D eigenvalue weighted by Crippen LogP contribution is 2.39. The minimum Gasteiger partial charge on any atom is -0.390 e. The Morgan fingerprint density at radius 3 is 2.94 bits per heavy atom. The minimum absolute atomic E-state index is 0.461. The monoisotopic (exact) mass is 316 g/mol. The van der Waals surface area contributed by atoms with E-state index in [0.29, 0.717) is 11.8 Å². The van der Waals surface area contributed by atoms with Crippen molar-refractivity contribution in [2.45, 2.75) is 51.6 Å². The molecule has 0 amide bonds. The van der Waals surface area contributed by atoms with Gasteiger partial charge in [-0.2, -0.15) is 0 Å². The van der Waals surface area contributed by atoms with Gasteiger partial charge >= 0.3 is 0 Å². The van der Waals surface area contributed by atoms with Gasteiger partial charge in [0.15, 0.2) is 0 Å². The Balaban J connectivity index is 2.03. The first-order valence-corrected chi connectivity index (χ1v) is 8.11. The molecule has 0 saturated heterocycles. The summed E-state index contributed by atoms with van der Waals surface area (Å²) in [6, 6.07) is 2.14. The van der Waals surface area contributed by atoms with Crippen LogP contribution in [-0.2, 0) is 6.42 Å². The number of aliphatic hydroxyl groups is 1. The van der Waals surface area contributed by atoms with Crippen molar-refractivity contribution in [3.8, 4) is 0 Å². The molecule has 1 fully saturated rings. The van der Waals surface area contributed by atoms with E-state index in [2.05, 4.69) is 41.2 Å². The van der Waals surface area contributed by atoms with E-state index in [0.717, 1.165) is 23.7 Å². The molecule has 2 atom stereocenters. The van der Waals surface area contributed by atoms with Crippen molar-refractivity contribution < 1.29 is 5.11 Å². The molecular weight excluding hydrogens is 296 g/mol. The molecule has 1 nitrogen and oxygen atoms in total. The van der Waals surface area contributed by atoms with Crippen molar-refractivity contribution in [3.05, 3.63) is 20.8 Å². The molecule has 0 aliphatic heterocycles. The van der Waals surface area contributed by atoms with Gasteiger partial charge in [0.05, 0.1) is 5.60 Å². The zero-order valence-corrected chi connectivity index (χ0v) is 13.0. The first-order valence-electron chi connectivity index (χ1n) is 6.44. The van der Waals surface area contributed by atoms with E-state index in [1.54, 1.807) is 11.3 Å². The van der Waals surface area contributed by atoms with Gasteiger partial charge in [0.25, 0.3) is 0 Å². The number of thiophene rings is 1. The molecule has 17 heavy (non-hydrogen) atoms. The maximum atomic E-state index is 10.7. The molecule has 3 heteroatoms. The lowest BCUT2D eigenvalue weighted by molar-refractivity contribution is -0.0233. The predicted octanol–water partition coefficient (Wildman–Crippen LogP) is 4.63. The highest BCUT2D eigenvalue weighted by molar-refractivity contribution is 9.10. The second-order valence-electron chi connectivity index (χ2n) is 5.73. The van der Waals surface area contributed by atoms with Crippen molar-refractivity contribution in [2.75, 3.05) is 0 Å². The summed E-state index contributed by atoms with van der Waals surface area (Å²) in [7, 11) is 0. The Hall–Kier alpha value is 0.140. The fourth-order valence-electron chi connectivity index (χ4n) is 2.89. The van der Waals surface area contributed by atoms with Gasteiger partial charge in [-0.3, -0.25) is 0 Å². The second-order valence-corrected chi connectivity index (χ2v) is 7.64. The van der Waals surface area contributed by atoms with E-state index in [1.807, 2.05) is 0 Å². The maximum absolute atomic E-state index is 10.7. The van der Waals surface area contributed by atoms with Gasteiger partial charge in [-0.15, -0.1) is 11.3 Å². The van der Waals surface area contributed by atoms with E-state index in [9.17, 15) is 5.11 Å². The lowest BCUT2D eigenvalue weighted by Crippen LogP contribution is -2.38. The first kappa shape index (κ1) is 13.6. The van der Waals surface area contributed by atoms with Crippen LogP contribution in [0.4, 0.5) is 0 Å². The average molecular weight is 317 g/mol. The molecule has 96 valence electrons. The molecule has 1 aliphatic carbocycles. The van der Waals surface area contributed by atoms with Crippen LogP contribution in [0.3, 0.4) is 0 Å². The molecule has 0 aromatic carbocycles. The van der Waals surface area contributed by atoms with E-state index < -0.39 is 5.60 Å². The lowest BCUT2D eigenvalue weighted by Gasteiger charge is -2.38. The quantitative estimate of drug-likeness (QED) is 0.862. The molecule has 1 saturated carbocycles. The van der Waals surface area contributed by atoms with Crippen LogP contribution in [0.15, 0.2) is 15.9 Å². The average Bonchev–Trinajstić information content (AvgIpc) is 2.63. The van der Waals surface area contributed by atoms with Crippen LogP contribution < -0.4 is 0 Å². The molecule has 1 aromatic rings. The molecule has 1 N–H and O–H groups in total. The standard InChI is InChI=1S/C14H21BrOS/c1-10(2)11-4-3-5-14(16,7-11)8-13-6-12(15)9-17-13/h6,9-11,16H,3-5,7-8H2,1-2H3. The van der Waals surface area contributed by atoms with Crippen LogP contribution in [0, 0.1) is 11.8 Å². The predicted molar refractivity (Wildman–Crippen MR) is 77.5 cm³/mol. The molecule has 2 unspecified atom stereocenters. The van der Waals surface area contributed by atoms with Crippen LogP contribution in [0.25, 0.3) is 0 Å². The van der Waals surface area contributed by atoms with Crippen LogP contribution >= 0.6 is 27.3 Å². The van der Waals surface area contributed by atoms with Gasteiger partial charge in [-0.1, -0.05) is 20.3 Å². The molecule has 1 heterocycles. The van der Waals surface area contributed by atoms with E-state index in [-0.39, 0.29) is 0 Å². The number of hydrogen-bond acceptors (Lipinski definition) is 2. The summed E-state index contributed by atoms with van der Waals surface area (Å²) in [5.74, 6) is 1.38. The third-order valence-corrected chi connectivity index (χ3v) is 5.62. The van der Waals surface area contributed by atoms with E-state index >= 15 is 0 Å². The highest BCUT2D eigenvalue weighted by Gasteiger charge is 2.35. The number of rotatable bonds is 3. The van der Waals surface area contributed by atoms with E-state index in [4.69, 9.17) is 0 Å². The summed E-state index contributed by atoms with van der Waals surface area (Å²) in [5, 5.41) is 12.8. The molecule has 0 bridgehead atoms. The van der Waals surface area contributed by atoms with Crippen LogP contribution in [0.2, 0.25) is 0 Å². The fraction of sp³-hybridized carbons (Fsp3) is 0.714. The van der Waals surface area contributed by atoms with Gasteiger partial charge in [0.1, 0.15) is 0 Å². The summed E-state index contributed by atoms with van der Waals surface area (Å²) >= 11 is 5.22. The Labute approximate surface area is 116 Å². The lowest BCUT2D eigenvalue weighted by atomic mass is 9.72. The molecule has 1 aromatic heterocycles. The van der Waals surface area contributed by atoms with Gasteiger partial charge in [0, 0.05) is 21.2 Å². The largest absolute Gasteiger partial charge is 0.390 e. The summed E-state index contributed by atoms with van der Waals surface area (Å²) in [5.41, 5.74) is -0.461. The maximum Gasteiger partial charge on any atom is 0.0698 e. The smallest absolute Gasteiger partial charge is 0.0698 e. The van der Waals surface area contributed by atoms with Gasteiger partial charge < -0.3 is 5.11 Å². The third kappa shape index (κ3) is 3.55. The minimum atomic E-state index is -0.461. The zero-order chi connectivity index (χ0) is 12.5. The third-order valence-electron chi connectivity index (χ3n) is 3.93. The molecule has 2 rings (SSSR count). The van der Waals surface area contributed by atoms with Gasteiger partial charge in [-0.25, -0.2) is 0 Å². The fourth-order valence-corrected chi connectivity index (χ4v) is 4.47. The van der Waals surface area contributed by atoms with Crippen LogP contribution in [0.5, 0.6) is 0 Å². The van der Waals surface area contributed by atoms with Crippen LogP contribution in [0.1, 0.15) is 44.4 Å². The second kappa shape index (κ2) is 5.41. The topological polar surface area (TPSA) is 20.2 Å². The number of hydrogen-bond donors (Lipinski definition) is 1. The molecule has 1 aliphatic rings. The van der Waals surface area contributed by atoms with Crippen molar-refractivity contribution in [1.82, 2.24) is 0 Å². The van der Waals surface area contributed by atoms with Crippen molar-refractivity contribution in [1.29, 1.82) is 0 Å². The normalized spacial score (nSPS) is 29.8. The summed E-state index contributed by atoms with van der Waals surface area (Å²) < 4.78 is 1.14. The first-order chi connectivity index (χ1) is 7.98. The molecule has 0 spiro atoms. The molecular formula is C14H21BrOS. The SMILES string of the molecule is CC(C)C1CCCC(O)(Cc2cc(Br)cs2)C1. The summed E-state index contributed by atoms with van der Waals surface area (Å²) in [4.78, 5) is 1.30. The summed E-state index contributed by atoms with van der Waals surface area (Å²) in [6.45, 7) is 4.55.